The van der Waals surface area contributed by atoms with E-state index < -0.39 is 11.7 Å². The van der Waals surface area contributed by atoms with Crippen LogP contribution in [-0.4, -0.2) is 33.2 Å². The molecule has 3 aromatic rings. The highest BCUT2D eigenvalue weighted by Gasteiger charge is 2.31. The smallest absolute Gasteiger partial charge is 0.416 e. The number of hydrogen-bond donors (Lipinski definition) is 1. The Hall–Kier alpha value is -3.10. The van der Waals surface area contributed by atoms with E-state index in [1.807, 2.05) is 13.0 Å². The second kappa shape index (κ2) is 8.73. The number of ether oxygens (including phenoxy) is 1. The van der Waals surface area contributed by atoms with E-state index in [0.717, 1.165) is 35.3 Å². The number of benzene rings is 2. The Bertz CT molecular complexity index is 1060. The maximum Gasteiger partial charge on any atom is 0.416 e. The zero-order valence-corrected chi connectivity index (χ0v) is 16.7. The number of unbranched alkanes of at least 4 members (excludes halogenated alkanes) is 1. The first-order valence-electron chi connectivity index (χ1n) is 9.59. The number of fused-ring (bicyclic) bond motifs is 1. The highest BCUT2D eigenvalue weighted by molar-refractivity contribution is 5.75. The van der Waals surface area contributed by atoms with Gasteiger partial charge in [0.2, 0.25) is 0 Å². The first kappa shape index (κ1) is 21.6. The van der Waals surface area contributed by atoms with Crippen LogP contribution in [0.25, 0.3) is 16.7 Å². The van der Waals surface area contributed by atoms with Gasteiger partial charge in [-0.15, -0.1) is 15.0 Å². The van der Waals surface area contributed by atoms with E-state index in [2.05, 4.69) is 14.9 Å². The molecule has 0 saturated carbocycles. The van der Waals surface area contributed by atoms with Gasteiger partial charge in [-0.05, 0) is 54.7 Å². The summed E-state index contributed by atoms with van der Waals surface area (Å²) in [6.45, 7) is 2.03. The van der Waals surface area contributed by atoms with Crippen molar-refractivity contribution in [1.82, 2.24) is 15.0 Å². The number of carbonyl (C=O) groups excluding carboxylic acids is 1. The van der Waals surface area contributed by atoms with Gasteiger partial charge in [-0.2, -0.15) is 13.2 Å². The van der Waals surface area contributed by atoms with Crippen LogP contribution in [0.15, 0.2) is 30.3 Å². The SMILES string of the molecule is CCCCc1cc(CCC(=O)OC)cc(-n2nc3ccc(C(F)(F)F)cc3n2)c1O. The Kier molecular flexibility index (Phi) is 6.28. The predicted octanol–water partition coefficient (Wildman–Crippen LogP) is 4.59. The van der Waals surface area contributed by atoms with E-state index in [-0.39, 0.29) is 34.9 Å². The van der Waals surface area contributed by atoms with Crippen molar-refractivity contribution in [1.29, 1.82) is 0 Å². The van der Waals surface area contributed by atoms with Gasteiger partial charge in [0.25, 0.3) is 0 Å². The van der Waals surface area contributed by atoms with Gasteiger partial charge in [0, 0.05) is 6.42 Å². The number of alkyl halides is 3. The van der Waals surface area contributed by atoms with Crippen molar-refractivity contribution in [2.75, 3.05) is 7.11 Å². The molecule has 0 radical (unpaired) electrons. The molecule has 1 heterocycles. The molecule has 6 nitrogen and oxygen atoms in total. The maximum atomic E-state index is 13.0. The van der Waals surface area contributed by atoms with Crippen LogP contribution in [0.5, 0.6) is 5.75 Å². The average Bonchev–Trinajstić information content (AvgIpc) is 3.14. The van der Waals surface area contributed by atoms with E-state index in [0.29, 0.717) is 18.4 Å². The van der Waals surface area contributed by atoms with Gasteiger partial charge in [0.05, 0.1) is 12.7 Å². The topological polar surface area (TPSA) is 77.2 Å². The minimum atomic E-state index is -4.48. The number of phenols is 1. The zero-order valence-electron chi connectivity index (χ0n) is 16.7. The summed E-state index contributed by atoms with van der Waals surface area (Å²) in [6.07, 6.45) is -1.56. The molecule has 0 fully saturated rings. The van der Waals surface area contributed by atoms with E-state index in [4.69, 9.17) is 0 Å². The summed E-state index contributed by atoms with van der Waals surface area (Å²) in [6, 6.07) is 6.58. The zero-order chi connectivity index (χ0) is 21.9. The fourth-order valence-electron chi connectivity index (χ4n) is 3.14. The summed E-state index contributed by atoms with van der Waals surface area (Å²) in [5.74, 6) is -0.385. The summed E-state index contributed by atoms with van der Waals surface area (Å²) >= 11 is 0. The molecule has 9 heteroatoms. The molecule has 30 heavy (non-hydrogen) atoms. The lowest BCUT2D eigenvalue weighted by molar-refractivity contribution is -0.140. The fourth-order valence-corrected chi connectivity index (χ4v) is 3.14. The van der Waals surface area contributed by atoms with E-state index in [1.165, 1.54) is 13.2 Å². The van der Waals surface area contributed by atoms with Gasteiger partial charge in [-0.1, -0.05) is 19.4 Å². The van der Waals surface area contributed by atoms with Gasteiger partial charge < -0.3 is 9.84 Å². The lowest BCUT2D eigenvalue weighted by atomic mass is 10.0. The molecule has 1 N–H and O–H groups in total. The molecule has 0 unspecified atom stereocenters. The van der Waals surface area contributed by atoms with Crippen molar-refractivity contribution in [3.05, 3.63) is 47.0 Å². The number of carbonyl (C=O) groups is 1. The normalized spacial score (nSPS) is 11.8. The maximum absolute atomic E-state index is 13.0. The number of nitrogens with zero attached hydrogens (tertiary/aromatic N) is 3. The van der Waals surface area contributed by atoms with Crippen molar-refractivity contribution >= 4 is 17.0 Å². The lowest BCUT2D eigenvalue weighted by Gasteiger charge is -2.12. The third-order valence-electron chi connectivity index (χ3n) is 4.80. The first-order valence-corrected chi connectivity index (χ1v) is 9.59. The highest BCUT2D eigenvalue weighted by Crippen LogP contribution is 2.32. The number of aromatic nitrogens is 3. The summed E-state index contributed by atoms with van der Waals surface area (Å²) in [5.41, 5.74) is 1.23. The van der Waals surface area contributed by atoms with Crippen molar-refractivity contribution in [3.63, 3.8) is 0 Å². The Labute approximate surface area is 171 Å². The number of phenolic OH excluding ortho intramolecular Hbond substituents is 1. The van der Waals surface area contributed by atoms with E-state index in [9.17, 15) is 23.1 Å². The van der Waals surface area contributed by atoms with Crippen LogP contribution >= 0.6 is 0 Å². The van der Waals surface area contributed by atoms with Crippen molar-refractivity contribution in [2.45, 2.75) is 45.2 Å². The number of aryl methyl sites for hydroxylation is 2. The summed E-state index contributed by atoms with van der Waals surface area (Å²) in [4.78, 5) is 12.6. The van der Waals surface area contributed by atoms with Gasteiger partial charge >= 0.3 is 12.1 Å². The minimum Gasteiger partial charge on any atom is -0.505 e. The van der Waals surface area contributed by atoms with Crippen LogP contribution in [0.2, 0.25) is 0 Å². The molecule has 0 aliphatic heterocycles. The second-order valence-electron chi connectivity index (χ2n) is 6.99. The van der Waals surface area contributed by atoms with Crippen molar-refractivity contribution in [2.24, 2.45) is 0 Å². The minimum absolute atomic E-state index is 0.0263. The Morgan fingerprint density at radius 1 is 1.13 bits per heavy atom. The van der Waals surface area contributed by atoms with E-state index in [1.54, 1.807) is 6.07 Å². The third kappa shape index (κ3) is 4.72. The number of hydrogen-bond acceptors (Lipinski definition) is 5. The van der Waals surface area contributed by atoms with Crippen molar-refractivity contribution < 1.29 is 27.8 Å². The molecule has 3 rings (SSSR count). The molecular weight excluding hydrogens is 399 g/mol. The van der Waals surface area contributed by atoms with E-state index >= 15 is 0 Å². The average molecular weight is 421 g/mol. The summed E-state index contributed by atoms with van der Waals surface area (Å²) in [7, 11) is 1.31. The van der Waals surface area contributed by atoms with Crippen LogP contribution in [-0.2, 0) is 28.5 Å². The van der Waals surface area contributed by atoms with Gasteiger partial charge in [-0.25, -0.2) is 0 Å². The lowest BCUT2D eigenvalue weighted by Crippen LogP contribution is -2.05. The molecule has 2 aromatic carbocycles. The molecular formula is C21H22F3N3O3. The molecule has 0 amide bonds. The molecule has 0 bridgehead atoms. The van der Waals surface area contributed by atoms with Crippen LogP contribution in [0.4, 0.5) is 13.2 Å². The number of halogens is 3. The summed E-state index contributed by atoms with van der Waals surface area (Å²) in [5, 5.41) is 19.1. The molecule has 0 aliphatic rings. The van der Waals surface area contributed by atoms with Gasteiger partial charge in [0.1, 0.15) is 22.5 Å². The second-order valence-corrected chi connectivity index (χ2v) is 6.99. The molecule has 0 spiro atoms. The molecule has 0 aliphatic carbocycles. The van der Waals surface area contributed by atoms with Crippen molar-refractivity contribution in [3.8, 4) is 11.4 Å². The number of aromatic hydroxyl groups is 1. The summed E-state index contributed by atoms with van der Waals surface area (Å²) < 4.78 is 43.6. The molecule has 0 saturated heterocycles. The van der Waals surface area contributed by atoms with Crippen LogP contribution in [0.1, 0.15) is 42.9 Å². The molecule has 0 atom stereocenters. The van der Waals surface area contributed by atoms with Crippen LogP contribution < -0.4 is 0 Å². The Balaban J connectivity index is 2.05. The standard InChI is InChI=1S/C21H22F3N3O3/c1-3-4-5-14-10-13(6-9-19(28)30-2)11-18(20(14)29)27-25-16-8-7-15(21(22,23)24)12-17(16)26-27/h7-8,10-12,29H,3-6,9H2,1-2H3. The molecule has 1 aromatic heterocycles. The quantitative estimate of drug-likeness (QED) is 0.565. The Morgan fingerprint density at radius 3 is 2.53 bits per heavy atom. The number of methoxy groups -OCH3 is 1. The van der Waals surface area contributed by atoms with Crippen LogP contribution in [0.3, 0.4) is 0 Å². The Morgan fingerprint density at radius 2 is 1.87 bits per heavy atom. The molecule has 160 valence electrons. The largest absolute Gasteiger partial charge is 0.505 e. The van der Waals surface area contributed by atoms with Gasteiger partial charge in [-0.3, -0.25) is 4.79 Å². The first-order chi connectivity index (χ1) is 14.2. The third-order valence-corrected chi connectivity index (χ3v) is 4.80. The number of rotatable bonds is 7. The van der Waals surface area contributed by atoms with Gasteiger partial charge in [0.15, 0.2) is 0 Å². The number of esters is 1. The fraction of sp³-hybridized carbons (Fsp3) is 0.381. The highest BCUT2D eigenvalue weighted by atomic mass is 19.4. The predicted molar refractivity (Wildman–Crippen MR) is 104 cm³/mol. The monoisotopic (exact) mass is 421 g/mol. The van der Waals surface area contributed by atoms with Crippen LogP contribution in [0, 0.1) is 0 Å².